The van der Waals surface area contributed by atoms with Gasteiger partial charge in [-0.05, 0) is 73.8 Å². The molecule has 1 aliphatic heterocycles. The van der Waals surface area contributed by atoms with Crippen molar-refractivity contribution < 1.29 is 14.3 Å². The molecule has 0 radical (unpaired) electrons. The van der Waals surface area contributed by atoms with Gasteiger partial charge in [-0.15, -0.1) is 0 Å². The van der Waals surface area contributed by atoms with E-state index < -0.39 is 4.75 Å². The molecule has 1 aromatic carbocycles. The number of nitrogens with zero attached hydrogens (tertiary/aromatic N) is 1. The minimum absolute atomic E-state index is 0.252. The molecule has 0 saturated carbocycles. The number of carbonyl (C=O) groups is 2. The minimum atomic E-state index is -0.786. The van der Waals surface area contributed by atoms with Gasteiger partial charge in [0.15, 0.2) is 0 Å². The number of imide groups is 1. The molecular weight excluding hydrogens is 360 g/mol. The van der Waals surface area contributed by atoms with Crippen LogP contribution in [0.4, 0.5) is 4.79 Å². The van der Waals surface area contributed by atoms with E-state index in [1.165, 1.54) is 0 Å². The summed E-state index contributed by atoms with van der Waals surface area (Å²) in [5.41, 5.74) is 2.91. The molecule has 2 aromatic rings. The Bertz CT molecular complexity index is 871. The maximum Gasteiger partial charge on any atom is 0.286 e. The fourth-order valence-electron chi connectivity index (χ4n) is 2.62. The highest BCUT2D eigenvalue weighted by atomic mass is 35.5. The van der Waals surface area contributed by atoms with Crippen molar-refractivity contribution in [3.05, 3.63) is 52.2 Å². The highest BCUT2D eigenvalue weighted by Gasteiger charge is 2.43. The number of nitrogens with one attached hydrogen (secondary N) is 1. The molecule has 25 heavy (non-hydrogen) atoms. The van der Waals surface area contributed by atoms with Crippen molar-refractivity contribution in [2.24, 2.45) is 0 Å². The van der Waals surface area contributed by atoms with Crippen LogP contribution in [0.1, 0.15) is 23.6 Å². The van der Waals surface area contributed by atoms with Crippen LogP contribution in [0.5, 0.6) is 11.6 Å². The van der Waals surface area contributed by atoms with Crippen LogP contribution in [0.25, 0.3) is 0 Å². The van der Waals surface area contributed by atoms with E-state index in [1.807, 2.05) is 32.0 Å². The molecule has 0 unspecified atom stereocenters. The predicted molar refractivity (Wildman–Crippen MR) is 98.5 cm³/mol. The normalized spacial score (nSPS) is 19.8. The van der Waals surface area contributed by atoms with Gasteiger partial charge in [0, 0.05) is 6.20 Å². The second-order valence-corrected chi connectivity index (χ2v) is 8.12. The van der Waals surface area contributed by atoms with Crippen LogP contribution in [0, 0.1) is 13.8 Å². The molecule has 130 valence electrons. The average molecular weight is 377 g/mol. The molecule has 1 aromatic heterocycles. The fraction of sp³-hybridized carbons (Fsp3) is 0.278. The average Bonchev–Trinajstić information content (AvgIpc) is 2.77. The molecule has 1 saturated heterocycles. The zero-order valence-corrected chi connectivity index (χ0v) is 15.6. The Hall–Kier alpha value is -2.05. The number of hydrogen-bond donors (Lipinski definition) is 1. The van der Waals surface area contributed by atoms with Crippen molar-refractivity contribution in [3.8, 4) is 11.6 Å². The number of ether oxygens (including phenoxy) is 1. The molecule has 1 aliphatic rings. The molecular formula is C18H17ClN2O3S. The van der Waals surface area contributed by atoms with Crippen molar-refractivity contribution in [2.45, 2.75) is 31.9 Å². The van der Waals surface area contributed by atoms with Crippen molar-refractivity contribution in [1.82, 2.24) is 10.3 Å². The summed E-state index contributed by atoms with van der Waals surface area (Å²) in [5, 5.41) is 2.49. The van der Waals surface area contributed by atoms with Crippen LogP contribution in [0.2, 0.25) is 5.02 Å². The Kier molecular flexibility index (Phi) is 4.75. The maximum atomic E-state index is 12.0. The Morgan fingerprint density at radius 2 is 2.04 bits per heavy atom. The zero-order valence-electron chi connectivity index (χ0n) is 14.1. The lowest BCUT2D eigenvalue weighted by Gasteiger charge is -2.20. The number of rotatable bonds is 4. The first kappa shape index (κ1) is 17.8. The van der Waals surface area contributed by atoms with Crippen molar-refractivity contribution in [2.75, 3.05) is 0 Å². The molecule has 0 spiro atoms. The quantitative estimate of drug-likeness (QED) is 0.854. The monoisotopic (exact) mass is 376 g/mol. The number of amides is 2. The summed E-state index contributed by atoms with van der Waals surface area (Å²) in [7, 11) is 0. The van der Waals surface area contributed by atoms with E-state index >= 15 is 0 Å². The minimum Gasteiger partial charge on any atom is -0.438 e. The number of aromatic nitrogens is 1. The van der Waals surface area contributed by atoms with E-state index in [-0.39, 0.29) is 11.1 Å². The third kappa shape index (κ3) is 3.80. The Labute approximate surface area is 155 Å². The summed E-state index contributed by atoms with van der Waals surface area (Å²) in [4.78, 5) is 27.6. The van der Waals surface area contributed by atoms with Gasteiger partial charge in [0.2, 0.25) is 11.8 Å². The Morgan fingerprint density at radius 3 is 2.64 bits per heavy atom. The molecule has 3 rings (SSSR count). The summed E-state index contributed by atoms with van der Waals surface area (Å²) in [5.74, 6) is 0.713. The first-order valence-electron chi connectivity index (χ1n) is 7.71. The van der Waals surface area contributed by atoms with Gasteiger partial charge in [-0.25, -0.2) is 4.98 Å². The van der Waals surface area contributed by atoms with E-state index in [2.05, 4.69) is 10.3 Å². The molecule has 1 fully saturated rings. The van der Waals surface area contributed by atoms with Gasteiger partial charge < -0.3 is 4.74 Å². The standard InChI is InChI=1S/C18H17ClN2O3S/c1-10-6-14(19)15(20-9-10)24-13-5-4-12(11(2)7-13)8-18(3)16(22)21-17(23)25-18/h4-7,9H,8H2,1-3H3,(H,21,22,23)/t18-/m0/s1. The van der Waals surface area contributed by atoms with E-state index in [0.29, 0.717) is 23.1 Å². The Morgan fingerprint density at radius 1 is 1.28 bits per heavy atom. The summed E-state index contributed by atoms with van der Waals surface area (Å²) in [6.45, 7) is 5.62. The molecule has 7 heteroatoms. The number of thioether (sulfide) groups is 1. The lowest BCUT2D eigenvalue weighted by molar-refractivity contribution is -0.121. The van der Waals surface area contributed by atoms with Crippen LogP contribution >= 0.6 is 23.4 Å². The van der Waals surface area contributed by atoms with E-state index in [0.717, 1.165) is 28.5 Å². The lowest BCUT2D eigenvalue weighted by Crippen LogP contribution is -2.35. The van der Waals surface area contributed by atoms with Crippen LogP contribution < -0.4 is 10.1 Å². The van der Waals surface area contributed by atoms with Gasteiger partial charge in [-0.2, -0.15) is 0 Å². The first-order chi connectivity index (χ1) is 11.8. The second-order valence-electron chi connectivity index (χ2n) is 6.24. The highest BCUT2D eigenvalue weighted by Crippen LogP contribution is 2.36. The largest absolute Gasteiger partial charge is 0.438 e. The first-order valence-corrected chi connectivity index (χ1v) is 8.90. The van der Waals surface area contributed by atoms with Gasteiger partial charge in [0.05, 0.1) is 0 Å². The zero-order chi connectivity index (χ0) is 18.2. The summed E-state index contributed by atoms with van der Waals surface area (Å²) >= 11 is 7.18. The van der Waals surface area contributed by atoms with Crippen LogP contribution in [0.3, 0.4) is 0 Å². The molecule has 2 heterocycles. The maximum absolute atomic E-state index is 12.0. The molecule has 0 bridgehead atoms. The number of halogens is 1. The molecule has 5 nitrogen and oxygen atoms in total. The third-order valence-corrected chi connectivity index (χ3v) is 5.35. The topological polar surface area (TPSA) is 68.3 Å². The summed E-state index contributed by atoms with van der Waals surface area (Å²) in [6.07, 6.45) is 2.15. The van der Waals surface area contributed by atoms with Crippen LogP contribution in [0.15, 0.2) is 30.5 Å². The van der Waals surface area contributed by atoms with E-state index in [4.69, 9.17) is 16.3 Å². The Balaban J connectivity index is 1.79. The number of carbonyl (C=O) groups excluding carboxylic acids is 2. The van der Waals surface area contributed by atoms with E-state index in [1.54, 1.807) is 19.2 Å². The number of pyridine rings is 1. The molecule has 0 aliphatic carbocycles. The predicted octanol–water partition coefficient (Wildman–Crippen LogP) is 4.43. The van der Waals surface area contributed by atoms with Gasteiger partial charge in [-0.3, -0.25) is 14.9 Å². The van der Waals surface area contributed by atoms with E-state index in [9.17, 15) is 9.59 Å². The summed E-state index contributed by atoms with van der Waals surface area (Å²) < 4.78 is 4.97. The van der Waals surface area contributed by atoms with Gasteiger partial charge in [0.25, 0.3) is 5.24 Å². The molecule has 1 N–H and O–H groups in total. The third-order valence-electron chi connectivity index (χ3n) is 4.01. The summed E-state index contributed by atoms with van der Waals surface area (Å²) in [6, 6.07) is 7.37. The second kappa shape index (κ2) is 6.69. The SMILES string of the molecule is Cc1cnc(Oc2ccc(C[C@]3(C)SC(=O)NC3=O)c(C)c2)c(Cl)c1. The van der Waals surface area contributed by atoms with Crippen molar-refractivity contribution in [1.29, 1.82) is 0 Å². The number of hydrogen-bond acceptors (Lipinski definition) is 5. The van der Waals surface area contributed by atoms with Gasteiger partial charge in [0.1, 0.15) is 15.5 Å². The van der Waals surface area contributed by atoms with Crippen molar-refractivity contribution >= 4 is 34.5 Å². The van der Waals surface area contributed by atoms with Crippen LogP contribution in [-0.2, 0) is 11.2 Å². The van der Waals surface area contributed by atoms with Crippen molar-refractivity contribution in [3.63, 3.8) is 0 Å². The van der Waals surface area contributed by atoms with Gasteiger partial charge in [-0.1, -0.05) is 17.7 Å². The lowest BCUT2D eigenvalue weighted by atomic mass is 9.96. The smallest absolute Gasteiger partial charge is 0.286 e. The van der Waals surface area contributed by atoms with Crippen LogP contribution in [-0.4, -0.2) is 20.9 Å². The molecule has 2 amide bonds. The molecule has 1 atom stereocenters. The number of benzene rings is 1. The van der Waals surface area contributed by atoms with Gasteiger partial charge >= 0.3 is 0 Å². The fourth-order valence-corrected chi connectivity index (χ4v) is 3.80. The number of aryl methyl sites for hydroxylation is 2. The highest BCUT2D eigenvalue weighted by molar-refractivity contribution is 8.16.